The van der Waals surface area contributed by atoms with E-state index in [0.717, 1.165) is 0 Å². The van der Waals surface area contributed by atoms with Crippen molar-refractivity contribution in [2.45, 2.75) is 0 Å². The molecule has 0 aliphatic heterocycles. The number of carbonyl (C=O) groups excluding carboxylic acids is 3. The summed E-state index contributed by atoms with van der Waals surface area (Å²) in [5.74, 6) is -1.76. The molecule has 0 aliphatic rings. The van der Waals surface area contributed by atoms with E-state index in [1.165, 1.54) is 37.6 Å². The van der Waals surface area contributed by atoms with Gasteiger partial charge in [0, 0.05) is 16.8 Å². The van der Waals surface area contributed by atoms with Gasteiger partial charge in [-0.1, -0.05) is 41.4 Å². The van der Waals surface area contributed by atoms with Crippen LogP contribution in [0.3, 0.4) is 0 Å². The van der Waals surface area contributed by atoms with Gasteiger partial charge in [-0.05, 0) is 48.0 Å². The zero-order valence-corrected chi connectivity index (χ0v) is 18.7. The molecule has 8 nitrogen and oxygen atoms in total. The lowest BCUT2D eigenvalue weighted by atomic mass is 10.2. The number of amides is 2. The minimum Gasteiger partial charge on any atom is -0.497 e. The molecule has 10 heteroatoms. The van der Waals surface area contributed by atoms with Crippen LogP contribution in [0.1, 0.15) is 15.9 Å². The van der Waals surface area contributed by atoms with Crippen LogP contribution in [-0.4, -0.2) is 31.1 Å². The number of carbonyl (C=O) groups is 3. The zero-order valence-electron chi connectivity index (χ0n) is 17.2. The number of esters is 1. The van der Waals surface area contributed by atoms with E-state index in [0.29, 0.717) is 22.0 Å². The molecule has 0 fully saturated rings. The van der Waals surface area contributed by atoms with E-state index in [1.54, 1.807) is 42.5 Å². The summed E-state index contributed by atoms with van der Waals surface area (Å²) in [4.78, 5) is 36.3. The number of methoxy groups -OCH3 is 1. The van der Waals surface area contributed by atoms with Crippen molar-refractivity contribution in [3.05, 3.63) is 87.9 Å². The summed E-state index contributed by atoms with van der Waals surface area (Å²) in [6.07, 6.45) is 1.29. The first-order valence-electron chi connectivity index (χ1n) is 9.41. The highest BCUT2D eigenvalue weighted by molar-refractivity contribution is 6.39. The van der Waals surface area contributed by atoms with Gasteiger partial charge in [-0.15, -0.1) is 0 Å². The Bertz CT molecular complexity index is 1230. The summed E-state index contributed by atoms with van der Waals surface area (Å²) in [5, 5.41) is 6.76. The third-order valence-electron chi connectivity index (χ3n) is 4.13. The van der Waals surface area contributed by atoms with E-state index < -0.39 is 17.8 Å². The maximum atomic E-state index is 12.3. The molecule has 0 unspecified atom stereocenters. The number of hydrazone groups is 1. The molecule has 2 N–H and O–H groups in total. The van der Waals surface area contributed by atoms with E-state index in [2.05, 4.69) is 15.8 Å². The summed E-state index contributed by atoms with van der Waals surface area (Å²) >= 11 is 11.9. The molecule has 2 amide bonds. The Balaban J connectivity index is 1.58. The largest absolute Gasteiger partial charge is 0.497 e. The highest BCUT2D eigenvalue weighted by Crippen LogP contribution is 2.23. The quantitative estimate of drug-likeness (QED) is 0.178. The van der Waals surface area contributed by atoms with E-state index in [4.69, 9.17) is 32.7 Å². The third-order valence-corrected chi connectivity index (χ3v) is 4.68. The molecule has 0 aliphatic carbocycles. The van der Waals surface area contributed by atoms with Gasteiger partial charge in [-0.25, -0.2) is 10.2 Å². The van der Waals surface area contributed by atoms with Crippen LogP contribution in [0.5, 0.6) is 11.5 Å². The lowest BCUT2D eigenvalue weighted by molar-refractivity contribution is -0.136. The lowest BCUT2D eigenvalue weighted by Crippen LogP contribution is -2.32. The third kappa shape index (κ3) is 6.80. The number of hydrogen-bond acceptors (Lipinski definition) is 6. The van der Waals surface area contributed by atoms with E-state index in [9.17, 15) is 14.4 Å². The maximum absolute atomic E-state index is 12.3. The van der Waals surface area contributed by atoms with Gasteiger partial charge < -0.3 is 14.8 Å². The Morgan fingerprint density at radius 3 is 2.42 bits per heavy atom. The van der Waals surface area contributed by atoms with Gasteiger partial charge in [-0.3, -0.25) is 9.59 Å². The Morgan fingerprint density at radius 2 is 1.67 bits per heavy atom. The monoisotopic (exact) mass is 485 g/mol. The molecule has 3 aromatic carbocycles. The molecule has 0 radical (unpaired) electrons. The minimum absolute atomic E-state index is 0.162. The molecule has 3 aromatic rings. The average Bonchev–Trinajstić information content (AvgIpc) is 2.79. The van der Waals surface area contributed by atoms with Gasteiger partial charge >= 0.3 is 17.8 Å². The molecule has 33 heavy (non-hydrogen) atoms. The fraction of sp³-hybridized carbons (Fsp3) is 0.0435. The van der Waals surface area contributed by atoms with Crippen molar-refractivity contribution < 1.29 is 23.9 Å². The molecule has 0 atom stereocenters. The van der Waals surface area contributed by atoms with Crippen LogP contribution in [0.4, 0.5) is 5.69 Å². The van der Waals surface area contributed by atoms with Crippen LogP contribution < -0.4 is 20.2 Å². The first-order valence-corrected chi connectivity index (χ1v) is 10.2. The maximum Gasteiger partial charge on any atom is 0.345 e. The molecule has 0 heterocycles. The lowest BCUT2D eigenvalue weighted by Gasteiger charge is -2.07. The van der Waals surface area contributed by atoms with Crippen molar-refractivity contribution in [1.29, 1.82) is 0 Å². The van der Waals surface area contributed by atoms with Crippen molar-refractivity contribution >= 4 is 52.9 Å². The predicted octanol–water partition coefficient (Wildman–Crippen LogP) is 4.31. The number of hydrogen-bond donors (Lipinski definition) is 2. The van der Waals surface area contributed by atoms with Crippen molar-refractivity contribution in [3.63, 3.8) is 0 Å². The summed E-state index contributed by atoms with van der Waals surface area (Å²) in [6.45, 7) is 0. The van der Waals surface area contributed by atoms with Gasteiger partial charge in [0.25, 0.3) is 0 Å². The highest BCUT2D eigenvalue weighted by atomic mass is 35.5. The standard InChI is InChI=1S/C23H17Cl2N3O5/c1-32-17-6-3-5-16(12-17)27-21(29)22(30)28-26-13-14-4-2-7-18(10-14)33-23(31)19-9-8-15(24)11-20(19)25/h2-13H,1H3,(H,27,29)(H,28,30)/b26-13-. The summed E-state index contributed by atoms with van der Waals surface area (Å²) in [7, 11) is 1.49. The smallest absolute Gasteiger partial charge is 0.345 e. The second kappa shape index (κ2) is 11.1. The van der Waals surface area contributed by atoms with Crippen molar-refractivity contribution in [3.8, 4) is 11.5 Å². The summed E-state index contributed by atoms with van der Waals surface area (Å²) < 4.78 is 10.4. The number of ether oxygens (including phenoxy) is 2. The van der Waals surface area contributed by atoms with Crippen LogP contribution >= 0.6 is 23.2 Å². The van der Waals surface area contributed by atoms with Crippen molar-refractivity contribution in [2.24, 2.45) is 5.10 Å². The van der Waals surface area contributed by atoms with Gasteiger partial charge in [0.1, 0.15) is 11.5 Å². The number of halogens is 2. The average molecular weight is 486 g/mol. The fourth-order valence-corrected chi connectivity index (χ4v) is 3.07. The van der Waals surface area contributed by atoms with Gasteiger partial charge in [0.05, 0.1) is 23.9 Å². The molecule has 0 bridgehead atoms. The Hall–Kier alpha value is -3.88. The summed E-state index contributed by atoms with van der Waals surface area (Å²) in [5.41, 5.74) is 3.20. The number of nitrogens with zero attached hydrogens (tertiary/aromatic N) is 1. The van der Waals surface area contributed by atoms with Crippen LogP contribution in [0.2, 0.25) is 10.0 Å². The van der Waals surface area contributed by atoms with Gasteiger partial charge in [0.2, 0.25) is 0 Å². The first-order chi connectivity index (χ1) is 15.9. The highest BCUT2D eigenvalue weighted by Gasteiger charge is 2.14. The molecule has 168 valence electrons. The molecule has 3 rings (SSSR count). The van der Waals surface area contributed by atoms with Gasteiger partial charge in [0.15, 0.2) is 0 Å². The molecule has 0 saturated heterocycles. The van der Waals surface area contributed by atoms with Crippen molar-refractivity contribution in [2.75, 3.05) is 12.4 Å². The van der Waals surface area contributed by atoms with Crippen LogP contribution in [-0.2, 0) is 9.59 Å². The molecule has 0 saturated carbocycles. The molecule has 0 aromatic heterocycles. The van der Waals surface area contributed by atoms with E-state index >= 15 is 0 Å². The Kier molecular flexibility index (Phi) is 8.01. The minimum atomic E-state index is -0.964. The number of rotatable bonds is 6. The molecule has 0 spiro atoms. The van der Waals surface area contributed by atoms with E-state index in [1.807, 2.05) is 0 Å². The SMILES string of the molecule is COc1cccc(NC(=O)C(=O)N/N=C\c2cccc(OC(=O)c3ccc(Cl)cc3Cl)c2)c1. The fourth-order valence-electron chi connectivity index (χ4n) is 2.58. The second-order valence-corrected chi connectivity index (χ2v) is 7.32. The Labute approximate surface area is 199 Å². The van der Waals surface area contributed by atoms with Crippen molar-refractivity contribution in [1.82, 2.24) is 5.43 Å². The predicted molar refractivity (Wildman–Crippen MR) is 125 cm³/mol. The van der Waals surface area contributed by atoms with E-state index in [-0.39, 0.29) is 16.3 Å². The molecular weight excluding hydrogens is 469 g/mol. The van der Waals surface area contributed by atoms with Crippen LogP contribution in [0.15, 0.2) is 71.8 Å². The molecular formula is C23H17Cl2N3O5. The number of nitrogens with one attached hydrogen (secondary N) is 2. The topological polar surface area (TPSA) is 106 Å². The Morgan fingerprint density at radius 1 is 0.909 bits per heavy atom. The zero-order chi connectivity index (χ0) is 23.8. The van der Waals surface area contributed by atoms with Gasteiger partial charge in [-0.2, -0.15) is 5.10 Å². The normalized spacial score (nSPS) is 10.5. The van der Waals surface area contributed by atoms with Crippen LogP contribution in [0.25, 0.3) is 0 Å². The summed E-state index contributed by atoms with van der Waals surface area (Å²) in [6, 6.07) is 17.4. The first kappa shape index (κ1) is 23.8. The number of benzene rings is 3. The number of anilines is 1. The van der Waals surface area contributed by atoms with Crippen LogP contribution in [0, 0.1) is 0 Å². The second-order valence-electron chi connectivity index (χ2n) is 6.47.